The van der Waals surface area contributed by atoms with E-state index in [1.165, 1.54) is 6.21 Å². The zero-order valence-corrected chi connectivity index (χ0v) is 16.3. The highest BCUT2D eigenvalue weighted by atomic mass is 35.5. The van der Waals surface area contributed by atoms with Crippen LogP contribution in [-0.4, -0.2) is 33.3 Å². The fraction of sp³-hybridized carbons (Fsp3) is 0.222. The Morgan fingerprint density at radius 1 is 1.15 bits per heavy atom. The summed E-state index contributed by atoms with van der Waals surface area (Å²) in [5.74, 6) is -0.542. The number of sulfonamides is 1. The number of nitrogens with zero attached hydrogens (tertiary/aromatic N) is 2. The molecule has 6 nitrogen and oxygen atoms in total. The minimum atomic E-state index is -3.62. The van der Waals surface area contributed by atoms with E-state index in [2.05, 4.69) is 10.5 Å². The topological polar surface area (TPSA) is 78.8 Å². The van der Waals surface area contributed by atoms with E-state index in [0.717, 1.165) is 27.3 Å². The molecule has 0 aliphatic rings. The fourth-order valence-corrected chi connectivity index (χ4v) is 3.35. The largest absolute Gasteiger partial charge is 0.271 e. The molecule has 0 saturated carbocycles. The quantitative estimate of drug-likeness (QED) is 0.605. The number of aryl methyl sites for hydroxylation is 2. The predicted molar refractivity (Wildman–Crippen MR) is 105 cm³/mol. The number of hydrogen-bond acceptors (Lipinski definition) is 4. The minimum Gasteiger partial charge on any atom is -0.271 e. The molecule has 2 rings (SSSR count). The van der Waals surface area contributed by atoms with Crippen LogP contribution in [0.3, 0.4) is 0 Å². The lowest BCUT2D eigenvalue weighted by Gasteiger charge is -2.22. The number of nitrogens with one attached hydrogen (secondary N) is 1. The molecular weight excluding hydrogens is 374 g/mol. The van der Waals surface area contributed by atoms with Crippen molar-refractivity contribution in [2.45, 2.75) is 13.8 Å². The van der Waals surface area contributed by atoms with E-state index in [-0.39, 0.29) is 6.54 Å². The van der Waals surface area contributed by atoms with Crippen LogP contribution in [0.25, 0.3) is 0 Å². The first kappa shape index (κ1) is 19.9. The van der Waals surface area contributed by atoms with Crippen LogP contribution in [0.15, 0.2) is 47.6 Å². The average molecular weight is 394 g/mol. The third-order valence-electron chi connectivity index (χ3n) is 3.45. The third kappa shape index (κ3) is 5.86. The second-order valence-electron chi connectivity index (χ2n) is 5.96. The van der Waals surface area contributed by atoms with Crippen molar-refractivity contribution in [1.82, 2.24) is 5.43 Å². The zero-order valence-electron chi connectivity index (χ0n) is 14.7. The monoisotopic (exact) mass is 393 g/mol. The molecular formula is C18H20ClN3O3S. The van der Waals surface area contributed by atoms with Crippen LogP contribution in [-0.2, 0) is 14.8 Å². The van der Waals surface area contributed by atoms with Gasteiger partial charge in [0.05, 0.1) is 18.2 Å². The molecule has 2 aromatic rings. The molecule has 26 heavy (non-hydrogen) atoms. The molecule has 0 aromatic heterocycles. The van der Waals surface area contributed by atoms with Crippen LogP contribution >= 0.6 is 11.6 Å². The summed E-state index contributed by atoms with van der Waals surface area (Å²) in [4.78, 5) is 12.1. The Labute approximate surface area is 158 Å². The van der Waals surface area contributed by atoms with Crippen LogP contribution in [0.1, 0.15) is 16.7 Å². The highest BCUT2D eigenvalue weighted by molar-refractivity contribution is 7.92. The second kappa shape index (κ2) is 8.33. The average Bonchev–Trinajstić information content (AvgIpc) is 2.52. The number of hydrogen-bond donors (Lipinski definition) is 1. The SMILES string of the molecule is Cc1cc(C)cc(N(CC(=O)N/N=C\c2ccc(Cl)cc2)S(C)(=O)=O)c1. The Bertz CT molecular complexity index is 905. The van der Waals surface area contributed by atoms with Gasteiger partial charge in [-0.25, -0.2) is 13.8 Å². The van der Waals surface area contributed by atoms with Crippen molar-refractivity contribution in [2.24, 2.45) is 5.10 Å². The van der Waals surface area contributed by atoms with Crippen LogP contribution < -0.4 is 9.73 Å². The molecule has 1 amide bonds. The number of hydrazone groups is 1. The molecule has 0 fully saturated rings. The van der Waals surface area contributed by atoms with E-state index in [1.807, 2.05) is 19.9 Å². The van der Waals surface area contributed by atoms with Crippen LogP contribution in [0.5, 0.6) is 0 Å². The molecule has 0 atom stereocenters. The number of carbonyl (C=O) groups excluding carboxylic acids is 1. The van der Waals surface area contributed by atoms with E-state index in [4.69, 9.17) is 11.6 Å². The molecule has 1 N–H and O–H groups in total. The summed E-state index contributed by atoms with van der Waals surface area (Å²) in [5.41, 5.74) is 5.36. The molecule has 0 unspecified atom stereocenters. The van der Waals surface area contributed by atoms with Crippen molar-refractivity contribution in [3.05, 3.63) is 64.2 Å². The smallest absolute Gasteiger partial charge is 0.260 e. The Morgan fingerprint density at radius 3 is 2.27 bits per heavy atom. The van der Waals surface area contributed by atoms with Gasteiger partial charge in [-0.15, -0.1) is 0 Å². The first-order chi connectivity index (χ1) is 12.1. The lowest BCUT2D eigenvalue weighted by atomic mass is 10.1. The van der Waals surface area contributed by atoms with Crippen LogP contribution in [0.4, 0.5) is 5.69 Å². The van der Waals surface area contributed by atoms with Gasteiger partial charge in [-0.2, -0.15) is 5.10 Å². The maximum absolute atomic E-state index is 12.1. The molecule has 8 heteroatoms. The molecule has 0 saturated heterocycles. The normalized spacial score (nSPS) is 11.5. The Morgan fingerprint density at radius 2 is 1.73 bits per heavy atom. The maximum Gasteiger partial charge on any atom is 0.260 e. The van der Waals surface area contributed by atoms with E-state index >= 15 is 0 Å². The van der Waals surface area contributed by atoms with Gasteiger partial charge in [0, 0.05) is 5.02 Å². The molecule has 138 valence electrons. The van der Waals surface area contributed by atoms with Gasteiger partial charge in [-0.1, -0.05) is 29.8 Å². The van der Waals surface area contributed by atoms with Crippen molar-refractivity contribution in [1.29, 1.82) is 0 Å². The summed E-state index contributed by atoms with van der Waals surface area (Å²) in [6.45, 7) is 3.38. The highest BCUT2D eigenvalue weighted by Crippen LogP contribution is 2.21. The molecule has 0 heterocycles. The first-order valence-corrected chi connectivity index (χ1v) is 10.0. The Balaban J connectivity index is 2.11. The summed E-state index contributed by atoms with van der Waals surface area (Å²) < 4.78 is 25.3. The minimum absolute atomic E-state index is 0.361. The predicted octanol–water partition coefficient (Wildman–Crippen LogP) is 2.87. The van der Waals surface area contributed by atoms with Gasteiger partial charge in [0.2, 0.25) is 10.0 Å². The van der Waals surface area contributed by atoms with Crippen molar-refractivity contribution >= 4 is 39.4 Å². The molecule has 2 aromatic carbocycles. The van der Waals surface area contributed by atoms with Crippen molar-refractivity contribution in [3.8, 4) is 0 Å². The molecule has 0 aliphatic heterocycles. The van der Waals surface area contributed by atoms with Gasteiger partial charge in [-0.05, 0) is 54.8 Å². The number of amides is 1. The molecule has 0 aliphatic carbocycles. The van der Waals surface area contributed by atoms with Crippen molar-refractivity contribution in [3.63, 3.8) is 0 Å². The molecule has 0 bridgehead atoms. The molecule has 0 radical (unpaired) electrons. The van der Waals surface area contributed by atoms with Gasteiger partial charge in [0.15, 0.2) is 0 Å². The van der Waals surface area contributed by atoms with Crippen molar-refractivity contribution in [2.75, 3.05) is 17.1 Å². The van der Waals surface area contributed by atoms with Crippen LogP contribution in [0, 0.1) is 13.8 Å². The third-order valence-corrected chi connectivity index (χ3v) is 4.85. The van der Waals surface area contributed by atoms with E-state index in [0.29, 0.717) is 10.7 Å². The lowest BCUT2D eigenvalue weighted by molar-refractivity contribution is -0.119. The zero-order chi connectivity index (χ0) is 19.3. The van der Waals surface area contributed by atoms with Gasteiger partial charge < -0.3 is 0 Å². The maximum atomic E-state index is 12.1. The van der Waals surface area contributed by atoms with Gasteiger partial charge in [-0.3, -0.25) is 9.10 Å². The summed E-state index contributed by atoms with van der Waals surface area (Å²) in [7, 11) is -3.62. The lowest BCUT2D eigenvalue weighted by Crippen LogP contribution is -2.39. The Kier molecular flexibility index (Phi) is 6.39. The molecule has 0 spiro atoms. The number of carbonyl (C=O) groups is 1. The van der Waals surface area contributed by atoms with Crippen LogP contribution in [0.2, 0.25) is 5.02 Å². The van der Waals surface area contributed by atoms with E-state index in [9.17, 15) is 13.2 Å². The van der Waals surface area contributed by atoms with Crippen molar-refractivity contribution < 1.29 is 13.2 Å². The van der Waals surface area contributed by atoms with Gasteiger partial charge in [0.1, 0.15) is 6.54 Å². The van der Waals surface area contributed by atoms with Gasteiger partial charge >= 0.3 is 0 Å². The number of benzene rings is 2. The van der Waals surface area contributed by atoms with E-state index in [1.54, 1.807) is 36.4 Å². The second-order valence-corrected chi connectivity index (χ2v) is 8.30. The summed E-state index contributed by atoms with van der Waals surface area (Å²) in [6, 6.07) is 12.3. The number of anilines is 1. The first-order valence-electron chi connectivity index (χ1n) is 7.78. The standard InChI is InChI=1S/C18H20ClN3O3S/c1-13-8-14(2)10-17(9-13)22(26(3,24)25)12-18(23)21-20-11-15-4-6-16(19)7-5-15/h4-11H,12H2,1-3H3,(H,21,23)/b20-11-. The Hall–Kier alpha value is -2.38. The number of rotatable bonds is 6. The summed E-state index contributed by atoms with van der Waals surface area (Å²) in [6.07, 6.45) is 2.52. The fourth-order valence-electron chi connectivity index (χ4n) is 2.39. The highest BCUT2D eigenvalue weighted by Gasteiger charge is 2.21. The number of halogens is 1. The van der Waals surface area contributed by atoms with Gasteiger partial charge in [0.25, 0.3) is 5.91 Å². The summed E-state index contributed by atoms with van der Waals surface area (Å²) >= 11 is 5.80. The summed E-state index contributed by atoms with van der Waals surface area (Å²) in [5, 5.41) is 4.45. The van der Waals surface area contributed by atoms with E-state index < -0.39 is 15.9 Å².